The molecule has 0 radical (unpaired) electrons. The number of fused-ring (bicyclic) bond motifs is 1. The van der Waals surface area contributed by atoms with Gasteiger partial charge in [-0.15, -0.1) is 0 Å². The Balaban J connectivity index is 1.60. The lowest BCUT2D eigenvalue weighted by Gasteiger charge is -2.05. The van der Waals surface area contributed by atoms with Crippen LogP contribution < -0.4 is 10.7 Å². The van der Waals surface area contributed by atoms with Crippen LogP contribution in [0, 0.1) is 12.7 Å². The molecule has 0 bridgehead atoms. The molecule has 24 heavy (non-hydrogen) atoms. The van der Waals surface area contributed by atoms with E-state index in [0.717, 1.165) is 22.2 Å². The number of aromatic amines is 1. The van der Waals surface area contributed by atoms with E-state index in [1.165, 1.54) is 6.07 Å². The highest BCUT2D eigenvalue weighted by molar-refractivity contribution is 6.00. The summed E-state index contributed by atoms with van der Waals surface area (Å²) in [6.45, 7) is 1.88. The fourth-order valence-corrected chi connectivity index (χ4v) is 2.45. The summed E-state index contributed by atoms with van der Waals surface area (Å²) in [5.41, 5.74) is 5.63. The first-order valence-corrected chi connectivity index (χ1v) is 7.53. The molecular formula is C18H17FN4O. The van der Waals surface area contributed by atoms with Gasteiger partial charge in [-0.2, -0.15) is 5.10 Å². The van der Waals surface area contributed by atoms with Crippen LogP contribution in [0.5, 0.6) is 0 Å². The first-order chi connectivity index (χ1) is 11.6. The molecule has 0 fully saturated rings. The van der Waals surface area contributed by atoms with Gasteiger partial charge >= 0.3 is 0 Å². The smallest absolute Gasteiger partial charge is 0.259 e. The minimum Gasteiger partial charge on any atom is -0.374 e. The molecule has 0 aliphatic rings. The van der Waals surface area contributed by atoms with Crippen molar-refractivity contribution in [3.63, 3.8) is 0 Å². The molecule has 2 aromatic carbocycles. The van der Waals surface area contributed by atoms with Gasteiger partial charge in [0.15, 0.2) is 0 Å². The van der Waals surface area contributed by atoms with Gasteiger partial charge in [0.1, 0.15) is 5.82 Å². The molecule has 0 saturated carbocycles. The molecule has 0 unspecified atom stereocenters. The second kappa shape index (κ2) is 6.95. The van der Waals surface area contributed by atoms with Crippen LogP contribution in [-0.4, -0.2) is 23.7 Å². The maximum Gasteiger partial charge on any atom is 0.259 e. The molecule has 5 nitrogen and oxygen atoms in total. The van der Waals surface area contributed by atoms with Crippen molar-refractivity contribution in [3.05, 3.63) is 65.6 Å². The second-order valence-corrected chi connectivity index (χ2v) is 5.34. The van der Waals surface area contributed by atoms with Crippen LogP contribution >= 0.6 is 0 Å². The maximum absolute atomic E-state index is 13.4. The van der Waals surface area contributed by atoms with Crippen molar-refractivity contribution >= 4 is 28.7 Å². The molecule has 3 aromatic rings. The van der Waals surface area contributed by atoms with E-state index < -0.39 is 5.82 Å². The van der Waals surface area contributed by atoms with Crippen molar-refractivity contribution in [2.24, 2.45) is 5.10 Å². The maximum atomic E-state index is 13.4. The lowest BCUT2D eigenvalue weighted by Crippen LogP contribution is -2.26. The minimum atomic E-state index is -0.400. The van der Waals surface area contributed by atoms with E-state index in [1.54, 1.807) is 24.4 Å². The number of carbonyl (C=O) groups is 1. The third-order valence-electron chi connectivity index (χ3n) is 3.64. The lowest BCUT2D eigenvalue weighted by molar-refractivity contribution is -0.119. The quantitative estimate of drug-likeness (QED) is 0.498. The number of nitrogens with zero attached hydrogens (tertiary/aromatic N) is 1. The third kappa shape index (κ3) is 3.43. The number of H-pyrrole nitrogens is 1. The number of hydrogen-bond donors (Lipinski definition) is 3. The number of aryl methyl sites for hydroxylation is 1. The van der Waals surface area contributed by atoms with Crippen LogP contribution in [0.15, 0.2) is 53.6 Å². The van der Waals surface area contributed by atoms with E-state index in [4.69, 9.17) is 0 Å². The lowest BCUT2D eigenvalue weighted by atomic mass is 10.1. The number of halogens is 1. The zero-order valence-corrected chi connectivity index (χ0v) is 13.1. The van der Waals surface area contributed by atoms with Crippen molar-refractivity contribution in [1.82, 2.24) is 10.4 Å². The van der Waals surface area contributed by atoms with Crippen LogP contribution in [0.1, 0.15) is 11.3 Å². The van der Waals surface area contributed by atoms with Gasteiger partial charge in [0.05, 0.1) is 18.4 Å². The molecule has 0 aliphatic heterocycles. The van der Waals surface area contributed by atoms with E-state index in [1.807, 2.05) is 31.2 Å². The van der Waals surface area contributed by atoms with Gasteiger partial charge in [-0.25, -0.2) is 9.82 Å². The van der Waals surface area contributed by atoms with Crippen LogP contribution in [-0.2, 0) is 4.79 Å². The Bertz CT molecular complexity index is 901. The van der Waals surface area contributed by atoms with Crippen LogP contribution in [0.3, 0.4) is 0 Å². The molecule has 122 valence electrons. The number of carbonyl (C=O) groups excluding carboxylic acids is 1. The van der Waals surface area contributed by atoms with E-state index in [2.05, 4.69) is 20.8 Å². The number of benzene rings is 2. The first kappa shape index (κ1) is 15.7. The van der Waals surface area contributed by atoms with Crippen molar-refractivity contribution in [3.8, 4) is 0 Å². The SMILES string of the molecule is Cc1[nH]c2ccccc2c1/C=N/NC(=O)CNc1ccccc1F. The largest absolute Gasteiger partial charge is 0.374 e. The Hall–Kier alpha value is -3.15. The van der Waals surface area contributed by atoms with Gasteiger partial charge in [0.25, 0.3) is 5.91 Å². The molecule has 1 heterocycles. The average molecular weight is 324 g/mol. The number of para-hydroxylation sites is 2. The number of amides is 1. The predicted octanol–water partition coefficient (Wildman–Crippen LogP) is 3.18. The molecule has 0 spiro atoms. The van der Waals surface area contributed by atoms with Gasteiger partial charge in [-0.05, 0) is 25.1 Å². The number of hydrazone groups is 1. The summed E-state index contributed by atoms with van der Waals surface area (Å²) in [6, 6.07) is 14.1. The molecule has 0 atom stereocenters. The molecule has 1 amide bonds. The highest BCUT2D eigenvalue weighted by Gasteiger charge is 2.06. The average Bonchev–Trinajstić information content (AvgIpc) is 2.90. The van der Waals surface area contributed by atoms with Gasteiger partial charge < -0.3 is 10.3 Å². The van der Waals surface area contributed by atoms with E-state index in [-0.39, 0.29) is 18.1 Å². The summed E-state index contributed by atoms with van der Waals surface area (Å²) in [5.74, 6) is -0.754. The van der Waals surface area contributed by atoms with Gasteiger partial charge in [-0.3, -0.25) is 4.79 Å². The number of anilines is 1. The highest BCUT2D eigenvalue weighted by Crippen LogP contribution is 2.19. The summed E-state index contributed by atoms with van der Waals surface area (Å²) in [7, 11) is 0. The Kier molecular flexibility index (Phi) is 4.56. The zero-order valence-electron chi connectivity index (χ0n) is 13.1. The molecule has 0 saturated heterocycles. The molecule has 3 N–H and O–H groups in total. The Morgan fingerprint density at radius 3 is 2.79 bits per heavy atom. The van der Waals surface area contributed by atoms with E-state index >= 15 is 0 Å². The highest BCUT2D eigenvalue weighted by atomic mass is 19.1. The summed E-state index contributed by atoms with van der Waals surface area (Å²) in [5, 5.41) is 7.75. The topological polar surface area (TPSA) is 69.3 Å². The molecular weight excluding hydrogens is 307 g/mol. The number of aromatic nitrogens is 1. The van der Waals surface area contributed by atoms with Gasteiger partial charge in [0, 0.05) is 22.2 Å². The first-order valence-electron chi connectivity index (χ1n) is 7.53. The number of hydrogen-bond acceptors (Lipinski definition) is 3. The summed E-state index contributed by atoms with van der Waals surface area (Å²) in [4.78, 5) is 15.0. The molecule has 0 aliphatic carbocycles. The molecule has 1 aromatic heterocycles. The number of nitrogens with one attached hydrogen (secondary N) is 3. The molecule has 3 rings (SSSR count). The molecule has 6 heteroatoms. The van der Waals surface area contributed by atoms with E-state index in [9.17, 15) is 9.18 Å². The van der Waals surface area contributed by atoms with Crippen LogP contribution in [0.2, 0.25) is 0 Å². The van der Waals surface area contributed by atoms with Gasteiger partial charge in [-0.1, -0.05) is 30.3 Å². The summed E-state index contributed by atoms with van der Waals surface area (Å²) < 4.78 is 13.4. The Morgan fingerprint density at radius 2 is 1.96 bits per heavy atom. The Morgan fingerprint density at radius 1 is 1.21 bits per heavy atom. The predicted molar refractivity (Wildman–Crippen MR) is 93.7 cm³/mol. The Labute approximate surface area is 138 Å². The van der Waals surface area contributed by atoms with Crippen molar-refractivity contribution in [2.75, 3.05) is 11.9 Å². The van der Waals surface area contributed by atoms with Crippen molar-refractivity contribution in [1.29, 1.82) is 0 Å². The number of rotatable bonds is 5. The van der Waals surface area contributed by atoms with Crippen LogP contribution in [0.25, 0.3) is 10.9 Å². The van der Waals surface area contributed by atoms with Crippen molar-refractivity contribution in [2.45, 2.75) is 6.92 Å². The summed E-state index contributed by atoms with van der Waals surface area (Å²) in [6.07, 6.45) is 1.61. The normalized spacial score (nSPS) is 11.1. The fraction of sp³-hybridized carbons (Fsp3) is 0.111. The van der Waals surface area contributed by atoms with Crippen molar-refractivity contribution < 1.29 is 9.18 Å². The van der Waals surface area contributed by atoms with Crippen LogP contribution in [0.4, 0.5) is 10.1 Å². The second-order valence-electron chi connectivity index (χ2n) is 5.34. The fourth-order valence-electron chi connectivity index (χ4n) is 2.45. The zero-order chi connectivity index (χ0) is 16.9. The monoisotopic (exact) mass is 324 g/mol. The third-order valence-corrected chi connectivity index (χ3v) is 3.64. The minimum absolute atomic E-state index is 0.0643. The standard InChI is InChI=1S/C18H17FN4O/c1-12-14(13-6-2-4-8-16(13)22-12)10-21-23-18(24)11-20-17-9-5-3-7-15(17)19/h2-10,20,22H,11H2,1H3,(H,23,24)/b21-10+. The van der Waals surface area contributed by atoms with E-state index in [0.29, 0.717) is 0 Å². The summed E-state index contributed by atoms with van der Waals surface area (Å²) >= 11 is 0. The van der Waals surface area contributed by atoms with Gasteiger partial charge in [0.2, 0.25) is 0 Å².